The van der Waals surface area contributed by atoms with Crippen LogP contribution in [0.2, 0.25) is 0 Å². The van der Waals surface area contributed by atoms with E-state index in [9.17, 15) is 5.26 Å². The van der Waals surface area contributed by atoms with Gasteiger partial charge in [0.2, 0.25) is 5.65 Å². The Morgan fingerprint density at radius 2 is 1.77 bits per heavy atom. The predicted octanol–water partition coefficient (Wildman–Crippen LogP) is 2.56. The fraction of sp³-hybridized carbons (Fsp3) is 0.0500. The standard InChI is InChI=1S/C20H12N10/c1-11-7-8-15-13(9-11)16(17(22-15)12-5-3-2-4-6-12)18-14(10-21)19-23-25-28-30(19)20-24-26-27-29(18)20/h2-9,22H,1H3. The van der Waals surface area contributed by atoms with E-state index in [1.807, 2.05) is 49.4 Å². The molecule has 6 aromatic rings. The van der Waals surface area contributed by atoms with Gasteiger partial charge in [-0.3, -0.25) is 0 Å². The third-order valence-corrected chi connectivity index (χ3v) is 5.15. The highest BCUT2D eigenvalue weighted by Crippen LogP contribution is 2.40. The van der Waals surface area contributed by atoms with E-state index < -0.39 is 0 Å². The average molecular weight is 392 g/mol. The predicted molar refractivity (Wildman–Crippen MR) is 107 cm³/mol. The van der Waals surface area contributed by atoms with Crippen molar-refractivity contribution < 1.29 is 0 Å². The molecule has 2 aromatic carbocycles. The van der Waals surface area contributed by atoms with Crippen LogP contribution in [0.25, 0.3) is 44.8 Å². The molecule has 10 nitrogen and oxygen atoms in total. The van der Waals surface area contributed by atoms with Crippen LogP contribution in [0.4, 0.5) is 0 Å². The number of tetrazole rings is 2. The number of aryl methyl sites for hydroxylation is 1. The quantitative estimate of drug-likeness (QED) is 0.480. The number of benzene rings is 2. The Kier molecular flexibility index (Phi) is 3.22. The molecule has 0 aliphatic rings. The first-order chi connectivity index (χ1) is 14.8. The summed E-state index contributed by atoms with van der Waals surface area (Å²) >= 11 is 0. The lowest BCUT2D eigenvalue weighted by Crippen LogP contribution is -2.06. The zero-order valence-electron chi connectivity index (χ0n) is 15.6. The first-order valence-electron chi connectivity index (χ1n) is 9.16. The summed E-state index contributed by atoms with van der Waals surface area (Å²) in [6.45, 7) is 2.03. The van der Waals surface area contributed by atoms with Gasteiger partial charge in [0, 0.05) is 16.5 Å². The first-order valence-corrected chi connectivity index (χ1v) is 9.16. The molecule has 0 amide bonds. The van der Waals surface area contributed by atoms with Crippen LogP contribution >= 0.6 is 0 Å². The summed E-state index contributed by atoms with van der Waals surface area (Å²) in [5, 5.41) is 34.8. The number of H-pyrrole nitrogens is 1. The van der Waals surface area contributed by atoms with E-state index in [2.05, 4.69) is 48.2 Å². The molecule has 142 valence electrons. The van der Waals surface area contributed by atoms with Gasteiger partial charge in [0.05, 0.1) is 5.69 Å². The van der Waals surface area contributed by atoms with Crippen molar-refractivity contribution in [3.63, 3.8) is 0 Å². The van der Waals surface area contributed by atoms with E-state index in [0.29, 0.717) is 22.7 Å². The summed E-state index contributed by atoms with van der Waals surface area (Å²) in [5.74, 6) is 0.324. The zero-order chi connectivity index (χ0) is 20.2. The fourth-order valence-electron chi connectivity index (χ4n) is 3.86. The highest BCUT2D eigenvalue weighted by Gasteiger charge is 2.26. The second-order valence-corrected chi connectivity index (χ2v) is 6.93. The maximum Gasteiger partial charge on any atom is 0.278 e. The van der Waals surface area contributed by atoms with Gasteiger partial charge in [-0.25, -0.2) is 0 Å². The van der Waals surface area contributed by atoms with Crippen LogP contribution in [0.5, 0.6) is 0 Å². The number of nitriles is 1. The molecule has 6 rings (SSSR count). The maximum absolute atomic E-state index is 10.1. The summed E-state index contributed by atoms with van der Waals surface area (Å²) < 4.78 is 2.88. The van der Waals surface area contributed by atoms with E-state index in [-0.39, 0.29) is 0 Å². The monoisotopic (exact) mass is 392 g/mol. The van der Waals surface area contributed by atoms with Crippen LogP contribution in [0, 0.1) is 18.3 Å². The van der Waals surface area contributed by atoms with Crippen molar-refractivity contribution in [1.82, 2.24) is 45.1 Å². The van der Waals surface area contributed by atoms with Gasteiger partial charge in [-0.15, -0.1) is 5.10 Å². The molecule has 1 N–H and O–H groups in total. The fourth-order valence-corrected chi connectivity index (χ4v) is 3.86. The summed E-state index contributed by atoms with van der Waals surface area (Å²) in [4.78, 5) is 3.51. The van der Waals surface area contributed by atoms with Crippen molar-refractivity contribution in [2.45, 2.75) is 6.92 Å². The van der Waals surface area contributed by atoms with Crippen molar-refractivity contribution in [2.75, 3.05) is 0 Å². The molecule has 30 heavy (non-hydrogen) atoms. The van der Waals surface area contributed by atoms with Crippen LogP contribution in [0.1, 0.15) is 11.1 Å². The van der Waals surface area contributed by atoms with E-state index in [4.69, 9.17) is 0 Å². The number of nitrogens with one attached hydrogen (secondary N) is 1. The average Bonchev–Trinajstić information content (AvgIpc) is 3.50. The smallest absolute Gasteiger partial charge is 0.278 e. The van der Waals surface area contributed by atoms with Crippen LogP contribution < -0.4 is 0 Å². The Balaban J connectivity index is 1.86. The number of nitrogens with zero attached hydrogens (tertiary/aromatic N) is 9. The van der Waals surface area contributed by atoms with Crippen LogP contribution in [0.3, 0.4) is 0 Å². The second kappa shape index (κ2) is 5.92. The highest BCUT2D eigenvalue weighted by molar-refractivity contribution is 6.05. The number of hydrogen-bond donors (Lipinski definition) is 1. The largest absolute Gasteiger partial charge is 0.354 e. The third-order valence-electron chi connectivity index (χ3n) is 5.15. The highest BCUT2D eigenvalue weighted by atomic mass is 15.6. The van der Waals surface area contributed by atoms with Crippen LogP contribution in [0.15, 0.2) is 48.5 Å². The number of aromatic amines is 1. The van der Waals surface area contributed by atoms with Crippen LogP contribution in [-0.2, 0) is 0 Å². The van der Waals surface area contributed by atoms with E-state index >= 15 is 0 Å². The van der Waals surface area contributed by atoms with Crippen molar-refractivity contribution in [3.05, 3.63) is 59.7 Å². The molecule has 0 saturated carbocycles. The molecular weight excluding hydrogens is 380 g/mol. The minimum atomic E-state index is 0.291. The molecule has 0 radical (unpaired) electrons. The van der Waals surface area contributed by atoms with Crippen LogP contribution in [-0.4, -0.2) is 45.1 Å². The van der Waals surface area contributed by atoms with Crippen molar-refractivity contribution >= 4 is 22.3 Å². The number of rotatable bonds is 2. The maximum atomic E-state index is 10.1. The van der Waals surface area contributed by atoms with E-state index in [1.54, 1.807) is 0 Å². The van der Waals surface area contributed by atoms with Gasteiger partial charge in [0.1, 0.15) is 17.3 Å². The Hall–Kier alpha value is -4.65. The van der Waals surface area contributed by atoms with Gasteiger partial charge in [-0.2, -0.15) is 14.3 Å². The molecule has 0 aliphatic carbocycles. The van der Waals surface area contributed by atoms with E-state index in [0.717, 1.165) is 33.3 Å². The zero-order valence-corrected chi connectivity index (χ0v) is 15.6. The van der Waals surface area contributed by atoms with Crippen molar-refractivity contribution in [1.29, 1.82) is 5.26 Å². The summed E-state index contributed by atoms with van der Waals surface area (Å²) in [6.07, 6.45) is 0. The molecular formula is C20H12N10. The molecule has 0 unspecified atom stereocenters. The van der Waals surface area contributed by atoms with Gasteiger partial charge in [-0.1, -0.05) is 47.1 Å². The van der Waals surface area contributed by atoms with Crippen molar-refractivity contribution in [3.8, 4) is 28.6 Å². The molecule has 0 bridgehead atoms. The molecule has 10 heteroatoms. The molecule has 0 saturated heterocycles. The Morgan fingerprint density at radius 1 is 0.967 bits per heavy atom. The molecule has 4 heterocycles. The summed E-state index contributed by atoms with van der Waals surface area (Å²) in [7, 11) is 0. The molecule has 0 spiro atoms. The molecule has 0 atom stereocenters. The first kappa shape index (κ1) is 16.3. The lowest BCUT2D eigenvalue weighted by Gasteiger charge is -2.10. The minimum Gasteiger partial charge on any atom is -0.354 e. The van der Waals surface area contributed by atoms with Gasteiger partial charge in [-0.05, 0) is 45.5 Å². The SMILES string of the molecule is Cc1ccc2[nH]c(-c3ccccc3)c(-c3c(C#N)c4nnnn4c4nnnn34)c2c1. The lowest BCUT2D eigenvalue weighted by molar-refractivity contribution is 0.801. The molecule has 0 aliphatic heterocycles. The Morgan fingerprint density at radius 3 is 2.60 bits per heavy atom. The lowest BCUT2D eigenvalue weighted by atomic mass is 9.99. The Bertz CT molecular complexity index is 1610. The number of hydrogen-bond acceptors (Lipinski definition) is 7. The third kappa shape index (κ3) is 2.11. The topological polar surface area (TPSA) is 126 Å². The van der Waals surface area contributed by atoms with E-state index in [1.165, 1.54) is 9.03 Å². The summed E-state index contributed by atoms with van der Waals surface area (Å²) in [5.41, 5.74) is 5.83. The van der Waals surface area contributed by atoms with Gasteiger partial charge < -0.3 is 4.98 Å². The Labute approximate surface area is 168 Å². The number of fused-ring (bicyclic) bond motifs is 4. The molecule has 0 fully saturated rings. The number of aromatic nitrogens is 9. The minimum absolute atomic E-state index is 0.291. The second-order valence-electron chi connectivity index (χ2n) is 6.93. The summed E-state index contributed by atoms with van der Waals surface area (Å²) in [6, 6.07) is 18.3. The van der Waals surface area contributed by atoms with Gasteiger partial charge in [0.25, 0.3) is 5.78 Å². The molecule has 4 aromatic heterocycles. The van der Waals surface area contributed by atoms with Gasteiger partial charge in [0.15, 0.2) is 0 Å². The van der Waals surface area contributed by atoms with Crippen molar-refractivity contribution in [2.24, 2.45) is 0 Å². The van der Waals surface area contributed by atoms with Gasteiger partial charge >= 0.3 is 0 Å². The normalized spacial score (nSPS) is 11.5.